The van der Waals surface area contributed by atoms with Gasteiger partial charge in [-0.05, 0) is 24.3 Å². The van der Waals surface area contributed by atoms with Gasteiger partial charge in [0.15, 0.2) is 5.69 Å². The van der Waals surface area contributed by atoms with E-state index in [1.807, 2.05) is 60.7 Å². The van der Waals surface area contributed by atoms with E-state index in [4.69, 9.17) is 0 Å². The van der Waals surface area contributed by atoms with Gasteiger partial charge < -0.3 is 5.32 Å². The van der Waals surface area contributed by atoms with Crippen LogP contribution in [0, 0.1) is 5.82 Å². The lowest BCUT2D eigenvalue weighted by atomic mass is 10.1. The summed E-state index contributed by atoms with van der Waals surface area (Å²) in [5.41, 5.74) is 3.32. The van der Waals surface area contributed by atoms with Gasteiger partial charge in [-0.2, -0.15) is 5.10 Å². The van der Waals surface area contributed by atoms with Crippen molar-refractivity contribution in [3.63, 3.8) is 0 Å². The fourth-order valence-electron chi connectivity index (χ4n) is 2.98. The second-order valence-corrected chi connectivity index (χ2v) is 6.30. The topological polar surface area (TPSA) is 46.9 Å². The smallest absolute Gasteiger partial charge is 0.272 e. The molecule has 1 amide bonds. The SMILES string of the molecule is O=C(NCc1ccccc1F)c1cc(-c2ccccc2)n(-c2ccccc2)n1. The second-order valence-electron chi connectivity index (χ2n) is 6.30. The summed E-state index contributed by atoms with van der Waals surface area (Å²) >= 11 is 0. The molecule has 0 saturated carbocycles. The Bertz CT molecular complexity index is 1030. The first-order chi connectivity index (χ1) is 13.7. The number of para-hydroxylation sites is 1. The summed E-state index contributed by atoms with van der Waals surface area (Å²) in [6, 6.07) is 27.5. The van der Waals surface area contributed by atoms with Crippen molar-refractivity contribution >= 4 is 5.91 Å². The molecule has 1 aromatic heterocycles. The van der Waals surface area contributed by atoms with E-state index in [1.165, 1.54) is 6.07 Å². The van der Waals surface area contributed by atoms with E-state index in [0.717, 1.165) is 16.9 Å². The van der Waals surface area contributed by atoms with Crippen LogP contribution in [-0.4, -0.2) is 15.7 Å². The quantitative estimate of drug-likeness (QED) is 0.557. The summed E-state index contributed by atoms with van der Waals surface area (Å²) in [6.45, 7) is 0.102. The summed E-state index contributed by atoms with van der Waals surface area (Å²) in [7, 11) is 0. The second kappa shape index (κ2) is 7.88. The van der Waals surface area contributed by atoms with Gasteiger partial charge in [0.2, 0.25) is 0 Å². The van der Waals surface area contributed by atoms with Crippen LogP contribution in [0.2, 0.25) is 0 Å². The minimum atomic E-state index is -0.352. The molecular formula is C23H18FN3O. The number of rotatable bonds is 5. The number of hydrogen-bond donors (Lipinski definition) is 1. The lowest BCUT2D eigenvalue weighted by molar-refractivity contribution is 0.0945. The molecule has 0 aliphatic carbocycles. The van der Waals surface area contributed by atoms with Gasteiger partial charge in [-0.1, -0.05) is 66.7 Å². The Kier molecular flexibility index (Phi) is 4.97. The first-order valence-corrected chi connectivity index (χ1v) is 8.95. The molecule has 0 bridgehead atoms. The predicted octanol–water partition coefficient (Wildman–Crippen LogP) is 4.61. The standard InChI is InChI=1S/C23H18FN3O/c24-20-14-8-7-11-18(20)16-25-23(28)21-15-22(17-9-3-1-4-10-17)27(26-21)19-12-5-2-6-13-19/h1-15H,16H2,(H,25,28). The van der Waals surface area contributed by atoms with E-state index < -0.39 is 0 Å². The maximum atomic E-state index is 13.8. The molecule has 0 radical (unpaired) electrons. The van der Waals surface area contributed by atoms with E-state index in [0.29, 0.717) is 5.56 Å². The first kappa shape index (κ1) is 17.7. The van der Waals surface area contributed by atoms with Gasteiger partial charge >= 0.3 is 0 Å². The van der Waals surface area contributed by atoms with Crippen LogP contribution >= 0.6 is 0 Å². The van der Waals surface area contributed by atoms with Crippen molar-refractivity contribution in [3.05, 3.63) is 108 Å². The number of carbonyl (C=O) groups is 1. The van der Waals surface area contributed by atoms with Gasteiger partial charge in [-0.15, -0.1) is 0 Å². The van der Waals surface area contributed by atoms with Crippen molar-refractivity contribution in [1.82, 2.24) is 15.1 Å². The molecule has 0 aliphatic heterocycles. The summed E-state index contributed by atoms with van der Waals surface area (Å²) < 4.78 is 15.5. The molecule has 0 spiro atoms. The highest BCUT2D eigenvalue weighted by atomic mass is 19.1. The Morgan fingerprint density at radius 3 is 2.25 bits per heavy atom. The molecule has 0 atom stereocenters. The highest BCUT2D eigenvalue weighted by Gasteiger charge is 2.17. The average Bonchev–Trinajstić information content (AvgIpc) is 3.20. The van der Waals surface area contributed by atoms with Crippen LogP contribution < -0.4 is 5.32 Å². The summed E-state index contributed by atoms with van der Waals surface area (Å²) in [6.07, 6.45) is 0. The Labute approximate surface area is 162 Å². The average molecular weight is 371 g/mol. The molecule has 3 aromatic carbocycles. The number of amides is 1. The normalized spacial score (nSPS) is 10.6. The van der Waals surface area contributed by atoms with Crippen LogP contribution in [0.1, 0.15) is 16.1 Å². The third-order valence-electron chi connectivity index (χ3n) is 4.41. The predicted molar refractivity (Wildman–Crippen MR) is 107 cm³/mol. The van der Waals surface area contributed by atoms with Crippen molar-refractivity contribution < 1.29 is 9.18 Å². The Balaban J connectivity index is 1.65. The van der Waals surface area contributed by atoms with E-state index in [2.05, 4.69) is 10.4 Å². The molecule has 4 rings (SSSR count). The zero-order valence-corrected chi connectivity index (χ0v) is 15.0. The van der Waals surface area contributed by atoms with Crippen molar-refractivity contribution in [2.75, 3.05) is 0 Å². The third kappa shape index (κ3) is 3.69. The number of nitrogens with zero attached hydrogens (tertiary/aromatic N) is 2. The first-order valence-electron chi connectivity index (χ1n) is 8.95. The van der Waals surface area contributed by atoms with Crippen molar-refractivity contribution in [2.24, 2.45) is 0 Å². The molecule has 1 heterocycles. The van der Waals surface area contributed by atoms with Gasteiger partial charge in [0.05, 0.1) is 11.4 Å². The molecule has 4 aromatic rings. The minimum absolute atomic E-state index is 0.102. The van der Waals surface area contributed by atoms with Crippen molar-refractivity contribution in [3.8, 4) is 16.9 Å². The van der Waals surface area contributed by atoms with Crippen LogP contribution in [-0.2, 0) is 6.54 Å². The monoisotopic (exact) mass is 371 g/mol. The van der Waals surface area contributed by atoms with Gasteiger partial charge in [0.1, 0.15) is 5.82 Å². The molecule has 0 saturated heterocycles. The largest absolute Gasteiger partial charge is 0.346 e. The summed E-state index contributed by atoms with van der Waals surface area (Å²) in [5, 5.41) is 7.25. The summed E-state index contributed by atoms with van der Waals surface area (Å²) in [4.78, 5) is 12.6. The van der Waals surface area contributed by atoms with Crippen LogP contribution in [0.3, 0.4) is 0 Å². The van der Waals surface area contributed by atoms with E-state index in [-0.39, 0.29) is 24.0 Å². The third-order valence-corrected chi connectivity index (χ3v) is 4.41. The number of carbonyl (C=O) groups excluding carboxylic acids is 1. The maximum Gasteiger partial charge on any atom is 0.272 e. The number of benzene rings is 3. The lowest BCUT2D eigenvalue weighted by Crippen LogP contribution is -2.23. The number of aromatic nitrogens is 2. The molecule has 28 heavy (non-hydrogen) atoms. The molecule has 1 N–H and O–H groups in total. The van der Waals surface area contributed by atoms with Crippen LogP contribution in [0.25, 0.3) is 16.9 Å². The Hall–Kier alpha value is -3.73. The minimum Gasteiger partial charge on any atom is -0.346 e. The van der Waals surface area contributed by atoms with E-state index in [9.17, 15) is 9.18 Å². The van der Waals surface area contributed by atoms with Crippen molar-refractivity contribution in [1.29, 1.82) is 0 Å². The zero-order chi connectivity index (χ0) is 19.3. The molecular weight excluding hydrogens is 353 g/mol. The zero-order valence-electron chi connectivity index (χ0n) is 15.0. The molecule has 0 fully saturated rings. The van der Waals surface area contributed by atoms with Crippen LogP contribution in [0.15, 0.2) is 91.0 Å². The highest BCUT2D eigenvalue weighted by molar-refractivity contribution is 5.93. The Morgan fingerprint density at radius 1 is 0.893 bits per heavy atom. The maximum absolute atomic E-state index is 13.8. The van der Waals surface area contributed by atoms with E-state index >= 15 is 0 Å². The highest BCUT2D eigenvalue weighted by Crippen LogP contribution is 2.24. The Morgan fingerprint density at radius 2 is 1.54 bits per heavy atom. The molecule has 0 aliphatic rings. The fraction of sp³-hybridized carbons (Fsp3) is 0.0435. The van der Waals surface area contributed by atoms with Gasteiger partial charge in [0, 0.05) is 17.7 Å². The number of hydrogen-bond acceptors (Lipinski definition) is 2. The van der Waals surface area contributed by atoms with Gasteiger partial charge in [-0.25, -0.2) is 9.07 Å². The summed E-state index contributed by atoms with van der Waals surface area (Å²) in [5.74, 6) is -0.697. The van der Waals surface area contributed by atoms with Crippen LogP contribution in [0.5, 0.6) is 0 Å². The fourth-order valence-corrected chi connectivity index (χ4v) is 2.98. The van der Waals surface area contributed by atoms with Gasteiger partial charge in [0.25, 0.3) is 5.91 Å². The molecule has 5 heteroatoms. The molecule has 4 nitrogen and oxygen atoms in total. The number of halogens is 1. The molecule has 138 valence electrons. The van der Waals surface area contributed by atoms with Crippen molar-refractivity contribution in [2.45, 2.75) is 6.54 Å². The number of nitrogens with one attached hydrogen (secondary N) is 1. The van der Waals surface area contributed by atoms with E-state index in [1.54, 1.807) is 28.9 Å². The lowest BCUT2D eigenvalue weighted by Gasteiger charge is -2.07. The van der Waals surface area contributed by atoms with Crippen LogP contribution in [0.4, 0.5) is 4.39 Å². The van der Waals surface area contributed by atoms with Gasteiger partial charge in [-0.3, -0.25) is 4.79 Å². The molecule has 0 unspecified atom stereocenters.